The zero-order valence-corrected chi connectivity index (χ0v) is 8.77. The topological polar surface area (TPSA) is 55.8 Å². The number of rotatable bonds is 2. The summed E-state index contributed by atoms with van der Waals surface area (Å²) in [6.07, 6.45) is 2.10. The Morgan fingerprint density at radius 2 is 2.40 bits per heavy atom. The zero-order valence-electron chi connectivity index (χ0n) is 8.77. The van der Waals surface area contributed by atoms with Crippen LogP contribution in [0.3, 0.4) is 0 Å². The summed E-state index contributed by atoms with van der Waals surface area (Å²) >= 11 is 0. The maximum atomic E-state index is 11.6. The van der Waals surface area contributed by atoms with E-state index in [4.69, 9.17) is 4.74 Å². The summed E-state index contributed by atoms with van der Waals surface area (Å²) in [5.74, 6) is -0.252. The van der Waals surface area contributed by atoms with Crippen LogP contribution in [0.4, 0.5) is 0 Å². The fourth-order valence-electron chi connectivity index (χ4n) is 2.36. The van der Waals surface area contributed by atoms with Gasteiger partial charge in [-0.05, 0) is 12.8 Å². The van der Waals surface area contributed by atoms with Gasteiger partial charge in [0.1, 0.15) is 6.61 Å². The molecule has 0 aromatic heterocycles. The summed E-state index contributed by atoms with van der Waals surface area (Å²) < 4.78 is 9.79. The molecular weight excluding hydrogens is 198 g/mol. The molecule has 2 atom stereocenters. The number of hydrogen-bond acceptors (Lipinski definition) is 4. The molecule has 2 heterocycles. The summed E-state index contributed by atoms with van der Waals surface area (Å²) in [5.41, 5.74) is 0. The van der Waals surface area contributed by atoms with Crippen LogP contribution in [0.5, 0.6) is 0 Å². The standard InChI is InChI=1S/C10H15NO4/c1-14-10(13)4-7-2-3-8-5-15-6-9(12)11(7)8/h7-8H,2-6H2,1H3. The molecule has 2 aliphatic rings. The van der Waals surface area contributed by atoms with Crippen LogP contribution in [0.1, 0.15) is 19.3 Å². The van der Waals surface area contributed by atoms with Gasteiger partial charge in [-0.1, -0.05) is 0 Å². The van der Waals surface area contributed by atoms with E-state index in [1.165, 1.54) is 7.11 Å². The highest BCUT2D eigenvalue weighted by Crippen LogP contribution is 2.29. The van der Waals surface area contributed by atoms with Gasteiger partial charge in [0.05, 0.1) is 26.2 Å². The summed E-state index contributed by atoms with van der Waals surface area (Å²) in [7, 11) is 1.37. The van der Waals surface area contributed by atoms with Gasteiger partial charge in [-0.3, -0.25) is 9.59 Å². The maximum Gasteiger partial charge on any atom is 0.307 e. The van der Waals surface area contributed by atoms with Crippen LogP contribution in [0.2, 0.25) is 0 Å². The van der Waals surface area contributed by atoms with Crippen LogP contribution in [0, 0.1) is 0 Å². The Bertz CT molecular complexity index is 279. The van der Waals surface area contributed by atoms with Gasteiger partial charge in [0.25, 0.3) is 0 Å². The number of esters is 1. The van der Waals surface area contributed by atoms with E-state index in [9.17, 15) is 9.59 Å². The third-order valence-corrected chi connectivity index (χ3v) is 3.07. The smallest absolute Gasteiger partial charge is 0.307 e. The third-order valence-electron chi connectivity index (χ3n) is 3.07. The molecular formula is C10H15NO4. The number of carbonyl (C=O) groups is 2. The van der Waals surface area contributed by atoms with Crippen molar-refractivity contribution in [3.05, 3.63) is 0 Å². The third kappa shape index (κ3) is 1.97. The van der Waals surface area contributed by atoms with Crippen LogP contribution in [0.15, 0.2) is 0 Å². The molecule has 2 unspecified atom stereocenters. The number of hydrogen-bond donors (Lipinski definition) is 0. The van der Waals surface area contributed by atoms with Gasteiger partial charge in [-0.2, -0.15) is 0 Å². The van der Waals surface area contributed by atoms with Crippen LogP contribution < -0.4 is 0 Å². The summed E-state index contributed by atoms with van der Waals surface area (Å²) in [6.45, 7) is 0.748. The SMILES string of the molecule is COC(=O)CC1CCC2COCC(=O)N21. The average molecular weight is 213 g/mol. The predicted octanol–water partition coefficient (Wildman–Crippen LogP) is -0.0607. The van der Waals surface area contributed by atoms with Gasteiger partial charge in [-0.25, -0.2) is 0 Å². The van der Waals surface area contributed by atoms with Crippen molar-refractivity contribution in [1.29, 1.82) is 0 Å². The van der Waals surface area contributed by atoms with E-state index in [1.807, 2.05) is 0 Å². The quantitative estimate of drug-likeness (QED) is 0.603. The molecule has 2 rings (SSSR count). The molecule has 0 aromatic rings. The molecule has 0 aliphatic carbocycles. The van der Waals surface area contributed by atoms with E-state index in [0.717, 1.165) is 12.8 Å². The fourth-order valence-corrected chi connectivity index (χ4v) is 2.36. The van der Waals surface area contributed by atoms with Gasteiger partial charge in [-0.15, -0.1) is 0 Å². The second-order valence-electron chi connectivity index (χ2n) is 3.98. The van der Waals surface area contributed by atoms with Crippen molar-refractivity contribution in [2.24, 2.45) is 0 Å². The first-order chi connectivity index (χ1) is 7.22. The van der Waals surface area contributed by atoms with Crippen molar-refractivity contribution in [3.63, 3.8) is 0 Å². The van der Waals surface area contributed by atoms with Gasteiger partial charge in [0.2, 0.25) is 5.91 Å². The van der Waals surface area contributed by atoms with E-state index < -0.39 is 0 Å². The number of methoxy groups -OCH3 is 1. The lowest BCUT2D eigenvalue weighted by Crippen LogP contribution is -2.49. The summed E-state index contributed by atoms with van der Waals surface area (Å²) in [6, 6.07) is 0.180. The Hall–Kier alpha value is -1.10. The monoisotopic (exact) mass is 213 g/mol. The number of amides is 1. The Morgan fingerprint density at radius 1 is 1.60 bits per heavy atom. The molecule has 0 bridgehead atoms. The highest BCUT2D eigenvalue weighted by atomic mass is 16.5. The molecule has 0 radical (unpaired) electrons. The lowest BCUT2D eigenvalue weighted by Gasteiger charge is -2.33. The van der Waals surface area contributed by atoms with E-state index >= 15 is 0 Å². The van der Waals surface area contributed by atoms with E-state index in [2.05, 4.69) is 4.74 Å². The normalized spacial score (nSPS) is 30.2. The lowest BCUT2D eigenvalue weighted by atomic mass is 10.1. The number of carbonyl (C=O) groups excluding carboxylic acids is 2. The first-order valence-electron chi connectivity index (χ1n) is 5.18. The van der Waals surface area contributed by atoms with Gasteiger partial charge in [0.15, 0.2) is 0 Å². The van der Waals surface area contributed by atoms with Gasteiger partial charge < -0.3 is 14.4 Å². The fraction of sp³-hybridized carbons (Fsp3) is 0.800. The molecule has 5 heteroatoms. The van der Waals surface area contributed by atoms with Crippen molar-refractivity contribution < 1.29 is 19.1 Å². The molecule has 0 aromatic carbocycles. The Kier molecular flexibility index (Phi) is 2.90. The molecule has 5 nitrogen and oxygen atoms in total. The molecule has 2 saturated heterocycles. The van der Waals surface area contributed by atoms with Crippen LogP contribution in [0.25, 0.3) is 0 Å². The largest absolute Gasteiger partial charge is 0.469 e. The molecule has 15 heavy (non-hydrogen) atoms. The average Bonchev–Trinajstić information content (AvgIpc) is 2.63. The Balaban J connectivity index is 2.01. The van der Waals surface area contributed by atoms with Gasteiger partial charge in [0, 0.05) is 6.04 Å². The number of nitrogens with zero attached hydrogens (tertiary/aromatic N) is 1. The molecule has 1 amide bonds. The van der Waals surface area contributed by atoms with Crippen molar-refractivity contribution in [3.8, 4) is 0 Å². The molecule has 2 fully saturated rings. The van der Waals surface area contributed by atoms with E-state index in [1.54, 1.807) is 4.90 Å². The van der Waals surface area contributed by atoms with E-state index in [0.29, 0.717) is 13.0 Å². The van der Waals surface area contributed by atoms with Crippen LogP contribution in [-0.4, -0.2) is 49.2 Å². The lowest BCUT2D eigenvalue weighted by molar-refractivity contribution is -0.150. The zero-order chi connectivity index (χ0) is 10.8. The van der Waals surface area contributed by atoms with Crippen LogP contribution in [-0.2, 0) is 19.1 Å². The number of morpholine rings is 1. The summed E-state index contributed by atoms with van der Waals surface area (Å²) in [4.78, 5) is 24.6. The minimum absolute atomic E-state index is 0.00217. The minimum Gasteiger partial charge on any atom is -0.469 e. The van der Waals surface area contributed by atoms with Crippen molar-refractivity contribution >= 4 is 11.9 Å². The molecule has 84 valence electrons. The number of fused-ring (bicyclic) bond motifs is 1. The minimum atomic E-state index is -0.250. The molecule has 0 saturated carbocycles. The summed E-state index contributed by atoms with van der Waals surface area (Å²) in [5, 5.41) is 0. The highest BCUT2D eigenvalue weighted by Gasteiger charge is 2.40. The molecule has 0 N–H and O–H groups in total. The second kappa shape index (κ2) is 4.18. The van der Waals surface area contributed by atoms with E-state index in [-0.39, 0.29) is 30.6 Å². The Morgan fingerprint density at radius 3 is 3.13 bits per heavy atom. The van der Waals surface area contributed by atoms with Gasteiger partial charge >= 0.3 is 5.97 Å². The van der Waals surface area contributed by atoms with Crippen molar-refractivity contribution in [2.45, 2.75) is 31.3 Å². The highest BCUT2D eigenvalue weighted by molar-refractivity contribution is 5.80. The predicted molar refractivity (Wildman–Crippen MR) is 51.1 cm³/mol. The molecule has 0 spiro atoms. The van der Waals surface area contributed by atoms with Crippen LogP contribution >= 0.6 is 0 Å². The second-order valence-corrected chi connectivity index (χ2v) is 3.98. The Labute approximate surface area is 88.3 Å². The first-order valence-corrected chi connectivity index (χ1v) is 5.18. The van der Waals surface area contributed by atoms with Crippen molar-refractivity contribution in [1.82, 2.24) is 4.90 Å². The molecule has 2 aliphatic heterocycles. The first kappa shape index (κ1) is 10.4. The maximum absolute atomic E-state index is 11.6. The van der Waals surface area contributed by atoms with Crippen molar-refractivity contribution in [2.75, 3.05) is 20.3 Å². The number of ether oxygens (including phenoxy) is 2.